The Labute approximate surface area is 151 Å². The molecule has 10 heteroatoms. The maximum Gasteiger partial charge on any atom is 0.207 e. The van der Waals surface area contributed by atoms with Crippen molar-refractivity contribution in [2.24, 2.45) is 0 Å². The number of ether oxygens (including phenoxy) is 1. The molecule has 1 aromatic carbocycles. The standard InChI is InChI=1S/C16H14F5N3OS/c17-11-12(18)14(20)16(15(21)13(11)19)25-9-1-4-24(5-2-9)10(26)7-23-6-3-22-8-23/h3,6,8-9H,1-2,4-5,7H2. The van der Waals surface area contributed by atoms with Gasteiger partial charge in [0.1, 0.15) is 6.10 Å². The van der Waals surface area contributed by atoms with Crippen molar-refractivity contribution < 1.29 is 26.7 Å². The molecule has 140 valence electrons. The fourth-order valence-electron chi connectivity index (χ4n) is 2.71. The van der Waals surface area contributed by atoms with Crippen molar-refractivity contribution >= 4 is 17.2 Å². The molecule has 0 unspecified atom stereocenters. The van der Waals surface area contributed by atoms with Crippen LogP contribution in [0.4, 0.5) is 22.0 Å². The quantitative estimate of drug-likeness (QED) is 0.346. The number of piperidine rings is 1. The van der Waals surface area contributed by atoms with Gasteiger partial charge in [0, 0.05) is 38.3 Å². The predicted molar refractivity (Wildman–Crippen MR) is 86.3 cm³/mol. The van der Waals surface area contributed by atoms with E-state index in [2.05, 4.69) is 4.98 Å². The van der Waals surface area contributed by atoms with E-state index in [0.29, 0.717) is 37.5 Å². The van der Waals surface area contributed by atoms with Crippen molar-refractivity contribution in [1.29, 1.82) is 0 Å². The van der Waals surface area contributed by atoms with Crippen LogP contribution in [-0.2, 0) is 6.54 Å². The number of likely N-dealkylation sites (tertiary alicyclic amines) is 1. The number of imidazole rings is 1. The highest BCUT2D eigenvalue weighted by molar-refractivity contribution is 7.80. The molecule has 1 saturated heterocycles. The molecule has 4 nitrogen and oxygen atoms in total. The number of nitrogens with zero attached hydrogens (tertiary/aromatic N) is 3. The Kier molecular flexibility index (Phi) is 5.40. The summed E-state index contributed by atoms with van der Waals surface area (Å²) in [6.45, 7) is 1.37. The summed E-state index contributed by atoms with van der Waals surface area (Å²) < 4.78 is 73.8. The van der Waals surface area contributed by atoms with Gasteiger partial charge < -0.3 is 14.2 Å². The van der Waals surface area contributed by atoms with Crippen LogP contribution in [-0.4, -0.2) is 38.6 Å². The molecule has 0 N–H and O–H groups in total. The molecule has 2 heterocycles. The molecule has 2 aromatic rings. The van der Waals surface area contributed by atoms with Crippen LogP contribution in [0.25, 0.3) is 0 Å². The highest BCUT2D eigenvalue weighted by atomic mass is 32.1. The number of aromatic nitrogens is 2. The van der Waals surface area contributed by atoms with E-state index in [4.69, 9.17) is 17.0 Å². The third kappa shape index (κ3) is 3.64. The zero-order valence-electron chi connectivity index (χ0n) is 13.4. The van der Waals surface area contributed by atoms with E-state index < -0.39 is 40.9 Å². The first-order valence-electron chi connectivity index (χ1n) is 7.80. The average molecular weight is 391 g/mol. The number of thiocarbonyl (C=S) groups is 1. The topological polar surface area (TPSA) is 30.3 Å². The first kappa shape index (κ1) is 18.6. The van der Waals surface area contributed by atoms with Crippen LogP contribution >= 0.6 is 12.2 Å². The molecule has 1 aliphatic heterocycles. The predicted octanol–water partition coefficient (Wildman–Crippen LogP) is 3.45. The summed E-state index contributed by atoms with van der Waals surface area (Å²) in [6.07, 6.45) is 5.03. The van der Waals surface area contributed by atoms with Crippen LogP contribution in [0.5, 0.6) is 5.75 Å². The molecule has 0 bridgehead atoms. The number of benzene rings is 1. The summed E-state index contributed by atoms with van der Waals surface area (Å²) in [6, 6.07) is 0. The number of rotatable bonds is 4. The van der Waals surface area contributed by atoms with Gasteiger partial charge in [-0.3, -0.25) is 0 Å². The van der Waals surface area contributed by atoms with Gasteiger partial charge in [0.15, 0.2) is 5.75 Å². The van der Waals surface area contributed by atoms with Gasteiger partial charge in [-0.05, 0) is 0 Å². The highest BCUT2D eigenvalue weighted by Crippen LogP contribution is 2.31. The molecular weight excluding hydrogens is 377 g/mol. The molecule has 0 amide bonds. The summed E-state index contributed by atoms with van der Waals surface area (Å²) in [4.78, 5) is 6.50. The van der Waals surface area contributed by atoms with Gasteiger partial charge in [0.2, 0.25) is 29.1 Å². The van der Waals surface area contributed by atoms with Crippen molar-refractivity contribution in [3.63, 3.8) is 0 Å². The zero-order valence-corrected chi connectivity index (χ0v) is 14.2. The molecular formula is C16H14F5N3OS. The van der Waals surface area contributed by atoms with E-state index >= 15 is 0 Å². The molecule has 1 aromatic heterocycles. The lowest BCUT2D eigenvalue weighted by atomic mass is 10.1. The molecule has 26 heavy (non-hydrogen) atoms. The van der Waals surface area contributed by atoms with Gasteiger partial charge in [0.25, 0.3) is 0 Å². The molecule has 1 aliphatic rings. The second-order valence-corrected chi connectivity index (χ2v) is 6.30. The molecule has 0 saturated carbocycles. The van der Waals surface area contributed by atoms with Crippen LogP contribution < -0.4 is 4.74 Å². The molecule has 1 fully saturated rings. The largest absolute Gasteiger partial charge is 0.484 e. The van der Waals surface area contributed by atoms with E-state index in [1.165, 1.54) is 0 Å². The Morgan fingerprint density at radius 3 is 2.15 bits per heavy atom. The van der Waals surface area contributed by atoms with Gasteiger partial charge in [-0.25, -0.2) is 18.2 Å². The summed E-state index contributed by atoms with van der Waals surface area (Å²) in [7, 11) is 0. The van der Waals surface area contributed by atoms with Crippen molar-refractivity contribution in [1.82, 2.24) is 14.5 Å². The van der Waals surface area contributed by atoms with E-state index in [1.54, 1.807) is 23.3 Å². The smallest absolute Gasteiger partial charge is 0.207 e. The molecule has 0 atom stereocenters. The van der Waals surface area contributed by atoms with Gasteiger partial charge in [-0.15, -0.1) is 0 Å². The molecule has 0 spiro atoms. The Morgan fingerprint density at radius 2 is 1.62 bits per heavy atom. The molecule has 0 aliphatic carbocycles. The second-order valence-electron chi connectivity index (χ2n) is 5.83. The Hall–Kier alpha value is -2.23. The average Bonchev–Trinajstić information content (AvgIpc) is 3.15. The monoisotopic (exact) mass is 391 g/mol. The van der Waals surface area contributed by atoms with Crippen molar-refractivity contribution in [2.45, 2.75) is 25.5 Å². The first-order valence-corrected chi connectivity index (χ1v) is 8.21. The lowest BCUT2D eigenvalue weighted by Crippen LogP contribution is -2.42. The third-order valence-electron chi connectivity index (χ3n) is 4.13. The Morgan fingerprint density at radius 1 is 1.04 bits per heavy atom. The van der Waals surface area contributed by atoms with Gasteiger partial charge in [0.05, 0.1) is 17.9 Å². The number of hydrogen-bond acceptors (Lipinski definition) is 3. The lowest BCUT2D eigenvalue weighted by Gasteiger charge is -2.34. The van der Waals surface area contributed by atoms with Crippen LogP contribution in [0.1, 0.15) is 12.8 Å². The second kappa shape index (κ2) is 7.56. The molecule has 3 rings (SSSR count). The fraction of sp³-hybridized carbons (Fsp3) is 0.375. The highest BCUT2D eigenvalue weighted by Gasteiger charge is 2.30. The summed E-state index contributed by atoms with van der Waals surface area (Å²) in [5.74, 6) is -11.4. The van der Waals surface area contributed by atoms with E-state index in [-0.39, 0.29) is 0 Å². The van der Waals surface area contributed by atoms with Crippen LogP contribution in [0, 0.1) is 29.1 Å². The lowest BCUT2D eigenvalue weighted by molar-refractivity contribution is 0.117. The Bertz CT molecular complexity index is 778. The summed E-state index contributed by atoms with van der Waals surface area (Å²) in [5.41, 5.74) is 0. The number of hydrogen-bond donors (Lipinski definition) is 0. The third-order valence-corrected chi connectivity index (χ3v) is 4.51. The maximum atomic E-state index is 13.7. The molecule has 0 radical (unpaired) electrons. The van der Waals surface area contributed by atoms with Gasteiger partial charge >= 0.3 is 0 Å². The van der Waals surface area contributed by atoms with Crippen LogP contribution in [0.2, 0.25) is 0 Å². The van der Waals surface area contributed by atoms with Gasteiger partial charge in [-0.2, -0.15) is 8.78 Å². The normalized spacial score (nSPS) is 15.3. The van der Waals surface area contributed by atoms with E-state index in [1.807, 2.05) is 4.90 Å². The first-order chi connectivity index (χ1) is 12.4. The van der Waals surface area contributed by atoms with Crippen LogP contribution in [0.3, 0.4) is 0 Å². The van der Waals surface area contributed by atoms with Crippen LogP contribution in [0.15, 0.2) is 18.7 Å². The minimum atomic E-state index is -2.20. The maximum absolute atomic E-state index is 13.7. The zero-order chi connectivity index (χ0) is 18.8. The summed E-state index contributed by atoms with van der Waals surface area (Å²) in [5, 5.41) is 0. The van der Waals surface area contributed by atoms with E-state index in [0.717, 1.165) is 0 Å². The van der Waals surface area contributed by atoms with Gasteiger partial charge in [-0.1, -0.05) is 12.2 Å². The van der Waals surface area contributed by atoms with Crippen molar-refractivity contribution in [2.75, 3.05) is 13.1 Å². The minimum Gasteiger partial charge on any atom is -0.484 e. The number of halogens is 5. The summed E-state index contributed by atoms with van der Waals surface area (Å²) >= 11 is 5.36. The van der Waals surface area contributed by atoms with Crippen molar-refractivity contribution in [3.05, 3.63) is 47.8 Å². The van der Waals surface area contributed by atoms with Crippen molar-refractivity contribution in [3.8, 4) is 5.75 Å². The van der Waals surface area contributed by atoms with E-state index in [9.17, 15) is 22.0 Å². The SMILES string of the molecule is Fc1c(F)c(F)c(OC2CCN(C(=S)Cn3ccnc3)CC2)c(F)c1F. The fourth-order valence-corrected chi connectivity index (χ4v) is 3.05. The minimum absolute atomic E-state index is 0.337. The Balaban J connectivity index is 1.62.